The number of nitrogens with zero attached hydrogens (tertiary/aromatic N) is 5. The summed E-state index contributed by atoms with van der Waals surface area (Å²) in [5, 5.41) is 8.34. The van der Waals surface area contributed by atoms with Crippen LogP contribution >= 0.6 is 0 Å². The second kappa shape index (κ2) is 7.40. The smallest absolute Gasteiger partial charge is 0.249 e. The first-order valence-corrected chi connectivity index (χ1v) is 9.08. The summed E-state index contributed by atoms with van der Waals surface area (Å²) in [6.07, 6.45) is 10.5. The van der Waals surface area contributed by atoms with Gasteiger partial charge in [0.2, 0.25) is 11.8 Å². The van der Waals surface area contributed by atoms with Crippen molar-refractivity contribution < 1.29 is 4.42 Å². The van der Waals surface area contributed by atoms with Crippen LogP contribution in [0.3, 0.4) is 0 Å². The summed E-state index contributed by atoms with van der Waals surface area (Å²) in [5.41, 5.74) is 0.873. The van der Waals surface area contributed by atoms with E-state index >= 15 is 0 Å². The summed E-state index contributed by atoms with van der Waals surface area (Å²) in [4.78, 5) is 9.20. The second-order valence-electron chi connectivity index (χ2n) is 6.85. The van der Waals surface area contributed by atoms with E-state index in [1.165, 1.54) is 32.1 Å². The fourth-order valence-corrected chi connectivity index (χ4v) is 3.85. The molecule has 3 heterocycles. The number of pyridine rings is 1. The lowest BCUT2D eigenvalue weighted by Crippen LogP contribution is -2.50. The normalized spacial score (nSPS) is 21.2. The highest BCUT2D eigenvalue weighted by Crippen LogP contribution is 2.24. The Morgan fingerprint density at radius 1 is 1.04 bits per heavy atom. The van der Waals surface area contributed by atoms with Crippen molar-refractivity contribution in [3.63, 3.8) is 0 Å². The van der Waals surface area contributed by atoms with Crippen molar-refractivity contribution in [2.75, 3.05) is 26.2 Å². The molecular weight excluding hydrogens is 302 g/mol. The molecule has 4 rings (SSSR count). The van der Waals surface area contributed by atoms with E-state index in [9.17, 15) is 0 Å². The molecule has 0 unspecified atom stereocenters. The molecule has 0 aromatic carbocycles. The van der Waals surface area contributed by atoms with Crippen LogP contribution in [-0.4, -0.2) is 57.2 Å². The first-order valence-electron chi connectivity index (χ1n) is 9.08. The molecule has 0 atom stereocenters. The van der Waals surface area contributed by atoms with Gasteiger partial charge in [-0.2, -0.15) is 0 Å². The highest BCUT2D eigenvalue weighted by molar-refractivity contribution is 5.49. The van der Waals surface area contributed by atoms with E-state index in [2.05, 4.69) is 25.0 Å². The Kier molecular flexibility index (Phi) is 4.85. The number of hydrogen-bond donors (Lipinski definition) is 0. The van der Waals surface area contributed by atoms with Crippen LogP contribution in [0.15, 0.2) is 28.9 Å². The molecule has 1 saturated carbocycles. The maximum Gasteiger partial charge on any atom is 0.249 e. The Morgan fingerprint density at radius 3 is 2.62 bits per heavy atom. The van der Waals surface area contributed by atoms with E-state index in [4.69, 9.17) is 4.42 Å². The van der Waals surface area contributed by atoms with E-state index in [1.54, 1.807) is 12.4 Å². The van der Waals surface area contributed by atoms with Crippen LogP contribution in [0.25, 0.3) is 11.5 Å². The maximum absolute atomic E-state index is 5.80. The Bertz CT molecular complexity index is 630. The highest BCUT2D eigenvalue weighted by Gasteiger charge is 2.25. The predicted molar refractivity (Wildman–Crippen MR) is 91.3 cm³/mol. The van der Waals surface area contributed by atoms with Gasteiger partial charge in [-0.15, -0.1) is 10.2 Å². The number of piperazine rings is 1. The molecule has 1 aliphatic heterocycles. The number of rotatable bonds is 4. The molecular formula is C18H25N5O. The first-order chi connectivity index (χ1) is 11.9. The van der Waals surface area contributed by atoms with Crippen LogP contribution in [0.1, 0.15) is 38.0 Å². The van der Waals surface area contributed by atoms with Crippen LogP contribution in [0.4, 0.5) is 0 Å². The minimum atomic E-state index is 0.555. The molecule has 2 aliphatic rings. The molecule has 6 nitrogen and oxygen atoms in total. The molecule has 2 aromatic rings. The Balaban J connectivity index is 1.30. The Hall–Kier alpha value is -1.79. The Labute approximate surface area is 142 Å². The van der Waals surface area contributed by atoms with Gasteiger partial charge >= 0.3 is 0 Å². The van der Waals surface area contributed by atoms with Gasteiger partial charge in [-0.1, -0.05) is 19.3 Å². The molecule has 1 saturated heterocycles. The topological polar surface area (TPSA) is 58.3 Å². The van der Waals surface area contributed by atoms with Crippen molar-refractivity contribution in [1.82, 2.24) is 25.0 Å². The van der Waals surface area contributed by atoms with Crippen LogP contribution in [0.5, 0.6) is 0 Å². The van der Waals surface area contributed by atoms with Crippen molar-refractivity contribution in [3.8, 4) is 11.5 Å². The zero-order valence-corrected chi connectivity index (χ0v) is 14.1. The standard InChI is InChI=1S/C18H25N5O/c1-2-6-16(7-3-1)23-11-9-22(10-12-23)14-17-20-21-18(24-17)15-5-4-8-19-13-15/h4-5,8,13,16H,1-3,6-7,9-12,14H2. The molecule has 1 aliphatic carbocycles. The molecule has 0 bridgehead atoms. The van der Waals surface area contributed by atoms with Gasteiger partial charge < -0.3 is 4.42 Å². The van der Waals surface area contributed by atoms with Crippen molar-refractivity contribution >= 4 is 0 Å². The zero-order chi connectivity index (χ0) is 16.2. The summed E-state index contributed by atoms with van der Waals surface area (Å²) in [6.45, 7) is 5.23. The third-order valence-corrected chi connectivity index (χ3v) is 5.23. The minimum absolute atomic E-state index is 0.555. The van der Waals surface area contributed by atoms with Gasteiger partial charge in [0.15, 0.2) is 0 Å². The SMILES string of the molecule is c1cncc(-c2nnc(CN3CCN(C4CCCCC4)CC3)o2)c1. The average Bonchev–Trinajstić information content (AvgIpc) is 3.12. The van der Waals surface area contributed by atoms with Crippen LogP contribution in [-0.2, 0) is 6.54 Å². The molecule has 0 radical (unpaired) electrons. The van der Waals surface area contributed by atoms with Crippen LogP contribution < -0.4 is 0 Å². The van der Waals surface area contributed by atoms with Gasteiger partial charge in [0, 0.05) is 44.6 Å². The van der Waals surface area contributed by atoms with Gasteiger partial charge in [0.05, 0.1) is 12.1 Å². The number of hydrogen-bond acceptors (Lipinski definition) is 6. The quantitative estimate of drug-likeness (QED) is 0.860. The lowest BCUT2D eigenvalue weighted by atomic mass is 9.94. The molecule has 24 heavy (non-hydrogen) atoms. The van der Waals surface area contributed by atoms with Gasteiger partial charge in [0.25, 0.3) is 0 Å². The van der Waals surface area contributed by atoms with Gasteiger partial charge in [-0.3, -0.25) is 14.8 Å². The van der Waals surface area contributed by atoms with Gasteiger partial charge in [-0.05, 0) is 25.0 Å². The summed E-state index contributed by atoms with van der Waals surface area (Å²) >= 11 is 0. The fourth-order valence-electron chi connectivity index (χ4n) is 3.85. The fraction of sp³-hybridized carbons (Fsp3) is 0.611. The summed E-state index contributed by atoms with van der Waals surface area (Å²) in [6, 6.07) is 4.64. The molecule has 0 amide bonds. The van der Waals surface area contributed by atoms with E-state index in [0.29, 0.717) is 11.8 Å². The molecule has 0 spiro atoms. The van der Waals surface area contributed by atoms with E-state index in [-0.39, 0.29) is 0 Å². The lowest BCUT2D eigenvalue weighted by molar-refractivity contribution is 0.0714. The number of aromatic nitrogens is 3. The lowest BCUT2D eigenvalue weighted by Gasteiger charge is -2.40. The van der Waals surface area contributed by atoms with Crippen LogP contribution in [0, 0.1) is 0 Å². The van der Waals surface area contributed by atoms with Crippen molar-refractivity contribution in [2.24, 2.45) is 0 Å². The zero-order valence-electron chi connectivity index (χ0n) is 14.1. The van der Waals surface area contributed by atoms with Gasteiger partial charge in [-0.25, -0.2) is 0 Å². The van der Waals surface area contributed by atoms with E-state index in [0.717, 1.165) is 44.3 Å². The highest BCUT2D eigenvalue weighted by atomic mass is 16.4. The summed E-state index contributed by atoms with van der Waals surface area (Å²) in [5.74, 6) is 1.25. The van der Waals surface area contributed by atoms with Gasteiger partial charge in [0.1, 0.15) is 0 Å². The molecule has 2 fully saturated rings. The van der Waals surface area contributed by atoms with E-state index < -0.39 is 0 Å². The van der Waals surface area contributed by atoms with Crippen molar-refractivity contribution in [3.05, 3.63) is 30.4 Å². The molecule has 2 aromatic heterocycles. The summed E-state index contributed by atoms with van der Waals surface area (Å²) < 4.78 is 5.80. The second-order valence-corrected chi connectivity index (χ2v) is 6.85. The third kappa shape index (κ3) is 3.65. The summed E-state index contributed by atoms with van der Waals surface area (Å²) in [7, 11) is 0. The van der Waals surface area contributed by atoms with Crippen molar-refractivity contribution in [1.29, 1.82) is 0 Å². The molecule has 6 heteroatoms. The molecule has 128 valence electrons. The first kappa shape index (κ1) is 15.7. The van der Waals surface area contributed by atoms with Crippen molar-refractivity contribution in [2.45, 2.75) is 44.7 Å². The Morgan fingerprint density at radius 2 is 1.88 bits per heavy atom. The largest absolute Gasteiger partial charge is 0.419 e. The average molecular weight is 327 g/mol. The van der Waals surface area contributed by atoms with E-state index in [1.807, 2.05) is 12.1 Å². The minimum Gasteiger partial charge on any atom is -0.419 e. The van der Waals surface area contributed by atoms with Crippen LogP contribution in [0.2, 0.25) is 0 Å². The maximum atomic E-state index is 5.80. The monoisotopic (exact) mass is 327 g/mol. The molecule has 0 N–H and O–H groups in total. The third-order valence-electron chi connectivity index (χ3n) is 5.23. The predicted octanol–water partition coefficient (Wildman–Crippen LogP) is 2.58.